The molecule has 1 heterocycles. The first-order valence-corrected chi connectivity index (χ1v) is 5.76. The molecule has 0 radical (unpaired) electrons. The van der Waals surface area contributed by atoms with Gasteiger partial charge in [-0.2, -0.15) is 0 Å². The Bertz CT molecular complexity index is 406. The Morgan fingerprint density at radius 2 is 2.22 bits per heavy atom. The first-order chi connectivity index (χ1) is 8.29. The standard InChI is InChI=1S/C12H20N2O4/c1-7(10-8(2)14-18-9(10)3)13-6-12(4,16)11(15)17-5/h7,13,16H,6H2,1-5H3. The third-order valence-corrected chi connectivity index (χ3v) is 2.90. The van der Waals surface area contributed by atoms with Gasteiger partial charge in [-0.15, -0.1) is 0 Å². The SMILES string of the molecule is COC(=O)C(C)(O)CNC(C)c1c(C)noc1C. The van der Waals surface area contributed by atoms with Crippen molar-refractivity contribution in [3.8, 4) is 0 Å². The number of aryl methyl sites for hydroxylation is 2. The van der Waals surface area contributed by atoms with Gasteiger partial charge in [-0.25, -0.2) is 4.79 Å². The highest BCUT2D eigenvalue weighted by Crippen LogP contribution is 2.21. The predicted molar refractivity (Wildman–Crippen MR) is 65.0 cm³/mol. The van der Waals surface area contributed by atoms with Crippen LogP contribution in [0.25, 0.3) is 0 Å². The molecule has 0 spiro atoms. The highest BCUT2D eigenvalue weighted by atomic mass is 16.5. The summed E-state index contributed by atoms with van der Waals surface area (Å²) in [5, 5.41) is 16.8. The summed E-state index contributed by atoms with van der Waals surface area (Å²) in [5.74, 6) is 0.0613. The molecule has 6 heteroatoms. The zero-order valence-electron chi connectivity index (χ0n) is 11.4. The van der Waals surface area contributed by atoms with Crippen LogP contribution in [0.1, 0.15) is 36.9 Å². The molecule has 0 aliphatic carbocycles. The van der Waals surface area contributed by atoms with Crippen LogP contribution in [0.2, 0.25) is 0 Å². The van der Waals surface area contributed by atoms with Crippen LogP contribution in [0.15, 0.2) is 4.52 Å². The Labute approximate surface area is 106 Å². The van der Waals surface area contributed by atoms with E-state index in [0.29, 0.717) is 0 Å². The van der Waals surface area contributed by atoms with Crippen LogP contribution in [0.5, 0.6) is 0 Å². The Hall–Kier alpha value is -1.40. The highest BCUT2D eigenvalue weighted by molar-refractivity contribution is 5.78. The number of hydrogen-bond acceptors (Lipinski definition) is 6. The minimum atomic E-state index is -1.55. The minimum absolute atomic E-state index is 0.0765. The fraction of sp³-hybridized carbons (Fsp3) is 0.667. The van der Waals surface area contributed by atoms with Crippen molar-refractivity contribution in [3.63, 3.8) is 0 Å². The molecule has 102 valence electrons. The molecule has 1 aromatic rings. The number of carbonyl (C=O) groups excluding carboxylic acids is 1. The van der Waals surface area contributed by atoms with Crippen LogP contribution in [0.3, 0.4) is 0 Å². The van der Waals surface area contributed by atoms with E-state index < -0.39 is 11.6 Å². The van der Waals surface area contributed by atoms with E-state index >= 15 is 0 Å². The van der Waals surface area contributed by atoms with Gasteiger partial charge < -0.3 is 19.7 Å². The first kappa shape index (κ1) is 14.7. The Morgan fingerprint density at radius 1 is 1.61 bits per heavy atom. The number of methoxy groups -OCH3 is 1. The zero-order chi connectivity index (χ0) is 13.9. The van der Waals surface area contributed by atoms with E-state index in [-0.39, 0.29) is 12.6 Å². The lowest BCUT2D eigenvalue weighted by Crippen LogP contribution is -2.46. The molecule has 0 amide bonds. The molecule has 2 N–H and O–H groups in total. The number of rotatable bonds is 5. The van der Waals surface area contributed by atoms with Crippen molar-refractivity contribution in [1.29, 1.82) is 0 Å². The quantitative estimate of drug-likeness (QED) is 0.760. The van der Waals surface area contributed by atoms with Gasteiger partial charge in [0.1, 0.15) is 5.76 Å². The largest absolute Gasteiger partial charge is 0.467 e. The predicted octanol–water partition coefficient (Wildman–Crippen LogP) is 0.866. The van der Waals surface area contributed by atoms with Crippen LogP contribution in [-0.2, 0) is 9.53 Å². The molecule has 2 atom stereocenters. The molecular weight excluding hydrogens is 236 g/mol. The van der Waals surface area contributed by atoms with Gasteiger partial charge in [-0.05, 0) is 27.7 Å². The van der Waals surface area contributed by atoms with Gasteiger partial charge in [-0.1, -0.05) is 5.16 Å². The summed E-state index contributed by atoms with van der Waals surface area (Å²) in [7, 11) is 1.24. The number of ether oxygens (including phenoxy) is 1. The van der Waals surface area contributed by atoms with Crippen LogP contribution in [0.4, 0.5) is 0 Å². The maximum atomic E-state index is 11.3. The van der Waals surface area contributed by atoms with Crippen molar-refractivity contribution in [2.45, 2.75) is 39.3 Å². The number of carbonyl (C=O) groups is 1. The minimum Gasteiger partial charge on any atom is -0.467 e. The van der Waals surface area contributed by atoms with Crippen LogP contribution >= 0.6 is 0 Å². The molecule has 6 nitrogen and oxygen atoms in total. The normalized spacial score (nSPS) is 16.1. The molecule has 0 saturated carbocycles. The van der Waals surface area contributed by atoms with Gasteiger partial charge in [0.15, 0.2) is 5.60 Å². The van der Waals surface area contributed by atoms with E-state index in [0.717, 1.165) is 17.0 Å². The van der Waals surface area contributed by atoms with Crippen molar-refractivity contribution in [2.24, 2.45) is 0 Å². The average molecular weight is 256 g/mol. The number of nitrogens with zero attached hydrogens (tertiary/aromatic N) is 1. The number of hydrogen-bond donors (Lipinski definition) is 2. The van der Waals surface area contributed by atoms with Crippen LogP contribution < -0.4 is 5.32 Å². The number of esters is 1. The molecule has 18 heavy (non-hydrogen) atoms. The molecule has 2 unspecified atom stereocenters. The second-order valence-electron chi connectivity index (χ2n) is 4.61. The summed E-state index contributed by atoms with van der Waals surface area (Å²) >= 11 is 0. The Morgan fingerprint density at radius 3 is 2.67 bits per heavy atom. The van der Waals surface area contributed by atoms with Crippen molar-refractivity contribution in [2.75, 3.05) is 13.7 Å². The maximum absolute atomic E-state index is 11.3. The van der Waals surface area contributed by atoms with Gasteiger partial charge in [0.2, 0.25) is 0 Å². The number of aliphatic hydroxyl groups is 1. The van der Waals surface area contributed by atoms with E-state index in [9.17, 15) is 9.90 Å². The summed E-state index contributed by atoms with van der Waals surface area (Å²) in [6, 6.07) is -0.0765. The summed E-state index contributed by atoms with van der Waals surface area (Å²) < 4.78 is 9.60. The Kier molecular flexibility index (Phi) is 4.48. The van der Waals surface area contributed by atoms with Gasteiger partial charge >= 0.3 is 5.97 Å². The topological polar surface area (TPSA) is 84.6 Å². The summed E-state index contributed by atoms with van der Waals surface area (Å²) in [6.07, 6.45) is 0. The second-order valence-corrected chi connectivity index (χ2v) is 4.61. The fourth-order valence-corrected chi connectivity index (χ4v) is 1.85. The van der Waals surface area contributed by atoms with Crippen LogP contribution in [-0.4, -0.2) is 35.5 Å². The molecule has 0 bridgehead atoms. The molecule has 0 aromatic carbocycles. The molecular formula is C12H20N2O4. The molecule has 0 fully saturated rings. The number of aromatic nitrogens is 1. The van der Waals surface area contributed by atoms with E-state index in [1.165, 1.54) is 14.0 Å². The van der Waals surface area contributed by atoms with Gasteiger partial charge in [-0.3, -0.25) is 0 Å². The maximum Gasteiger partial charge on any atom is 0.338 e. The third-order valence-electron chi connectivity index (χ3n) is 2.90. The van der Waals surface area contributed by atoms with Gasteiger partial charge in [0.25, 0.3) is 0 Å². The second kappa shape index (κ2) is 5.49. The number of nitrogens with one attached hydrogen (secondary N) is 1. The van der Waals surface area contributed by atoms with E-state index in [4.69, 9.17) is 4.52 Å². The molecule has 0 saturated heterocycles. The van der Waals surface area contributed by atoms with Crippen LogP contribution in [0, 0.1) is 13.8 Å². The molecule has 1 aromatic heterocycles. The summed E-state index contributed by atoms with van der Waals surface area (Å²) in [5.41, 5.74) is 0.183. The van der Waals surface area contributed by atoms with Crippen molar-refractivity contribution in [1.82, 2.24) is 10.5 Å². The molecule has 0 aliphatic rings. The van der Waals surface area contributed by atoms with E-state index in [1.807, 2.05) is 20.8 Å². The first-order valence-electron chi connectivity index (χ1n) is 5.76. The Balaban J connectivity index is 2.67. The lowest BCUT2D eigenvalue weighted by molar-refractivity contribution is -0.160. The van der Waals surface area contributed by atoms with Crippen molar-refractivity contribution < 1.29 is 19.2 Å². The zero-order valence-corrected chi connectivity index (χ0v) is 11.4. The smallest absolute Gasteiger partial charge is 0.338 e. The molecule has 1 rings (SSSR count). The summed E-state index contributed by atoms with van der Waals surface area (Å²) in [4.78, 5) is 11.3. The monoisotopic (exact) mass is 256 g/mol. The van der Waals surface area contributed by atoms with E-state index in [2.05, 4.69) is 15.2 Å². The van der Waals surface area contributed by atoms with Gasteiger partial charge in [0, 0.05) is 18.2 Å². The van der Waals surface area contributed by atoms with Crippen molar-refractivity contribution >= 4 is 5.97 Å². The van der Waals surface area contributed by atoms with E-state index in [1.54, 1.807) is 0 Å². The molecule has 0 aliphatic heterocycles. The van der Waals surface area contributed by atoms with Crippen molar-refractivity contribution in [3.05, 3.63) is 17.0 Å². The lowest BCUT2D eigenvalue weighted by atomic mass is 10.0. The third kappa shape index (κ3) is 3.08. The average Bonchev–Trinajstić information content (AvgIpc) is 2.65. The highest BCUT2D eigenvalue weighted by Gasteiger charge is 2.32. The lowest BCUT2D eigenvalue weighted by Gasteiger charge is -2.23. The summed E-state index contributed by atoms with van der Waals surface area (Å²) in [6.45, 7) is 7.09. The van der Waals surface area contributed by atoms with Gasteiger partial charge in [0.05, 0.1) is 12.8 Å². The fourth-order valence-electron chi connectivity index (χ4n) is 1.85.